The monoisotopic (exact) mass is 424 g/mol. The van der Waals surface area contributed by atoms with Crippen LogP contribution in [0.1, 0.15) is 11.5 Å². The first-order valence-corrected chi connectivity index (χ1v) is 10.1. The number of piperazine rings is 1. The standard InChI is InChI=1S/C22H21FN4O4/c1-2-17(29)25-6-8-26(9-7-25)21-14-12-13(18-15(23)4-3-5-16(18)28)20-19(14)27(10-11-31-20)22(30)24-21/h2-5,12-13,28H,1,6-11H2. The summed E-state index contributed by atoms with van der Waals surface area (Å²) < 4.78 is 22.1. The zero-order valence-corrected chi connectivity index (χ0v) is 16.8. The van der Waals surface area contributed by atoms with Crippen LogP contribution in [-0.4, -0.2) is 58.3 Å². The molecular formula is C22H21FN4O4. The second-order valence-electron chi connectivity index (χ2n) is 7.68. The van der Waals surface area contributed by atoms with Crippen molar-refractivity contribution in [2.45, 2.75) is 12.5 Å². The molecule has 3 aliphatic rings. The Morgan fingerprint density at radius 3 is 2.74 bits per heavy atom. The fourth-order valence-corrected chi connectivity index (χ4v) is 4.54. The van der Waals surface area contributed by atoms with Gasteiger partial charge in [-0.1, -0.05) is 18.7 Å². The third kappa shape index (κ3) is 2.99. The van der Waals surface area contributed by atoms with Gasteiger partial charge in [-0.25, -0.2) is 9.18 Å². The van der Waals surface area contributed by atoms with Crippen LogP contribution in [-0.2, 0) is 16.1 Å². The van der Waals surface area contributed by atoms with Crippen molar-refractivity contribution in [3.8, 4) is 5.75 Å². The highest BCUT2D eigenvalue weighted by Crippen LogP contribution is 2.37. The quantitative estimate of drug-likeness (QED) is 0.678. The van der Waals surface area contributed by atoms with Crippen LogP contribution in [0, 0.1) is 5.82 Å². The van der Waals surface area contributed by atoms with Gasteiger partial charge in [-0.15, -0.1) is 0 Å². The molecule has 31 heavy (non-hydrogen) atoms. The molecule has 5 rings (SSSR count). The van der Waals surface area contributed by atoms with Crippen molar-refractivity contribution in [2.75, 3.05) is 37.7 Å². The highest BCUT2D eigenvalue weighted by Gasteiger charge is 2.33. The van der Waals surface area contributed by atoms with Gasteiger partial charge >= 0.3 is 5.69 Å². The molecule has 1 aromatic heterocycles. The largest absolute Gasteiger partial charge is 0.508 e. The van der Waals surface area contributed by atoms with E-state index in [1.54, 1.807) is 15.5 Å². The number of amides is 1. The van der Waals surface area contributed by atoms with Crippen LogP contribution in [0.5, 0.6) is 5.75 Å². The van der Waals surface area contributed by atoms with Crippen molar-refractivity contribution < 1.29 is 19.0 Å². The van der Waals surface area contributed by atoms with Gasteiger partial charge in [0.1, 0.15) is 29.8 Å². The van der Waals surface area contributed by atoms with Gasteiger partial charge in [-0.3, -0.25) is 9.36 Å². The third-order valence-electron chi connectivity index (χ3n) is 6.03. The lowest BCUT2D eigenvalue weighted by molar-refractivity contribution is -0.126. The number of carbonyl (C=O) groups is 1. The molecule has 1 unspecified atom stereocenters. The van der Waals surface area contributed by atoms with Crippen LogP contribution in [0.3, 0.4) is 0 Å². The number of hydrogen-bond donors (Lipinski definition) is 1. The van der Waals surface area contributed by atoms with E-state index >= 15 is 0 Å². The summed E-state index contributed by atoms with van der Waals surface area (Å²) in [6, 6.07) is 4.16. The summed E-state index contributed by atoms with van der Waals surface area (Å²) in [7, 11) is 0. The highest BCUT2D eigenvalue weighted by atomic mass is 19.1. The molecule has 8 nitrogen and oxygen atoms in total. The van der Waals surface area contributed by atoms with Gasteiger partial charge in [0.05, 0.1) is 17.8 Å². The molecule has 1 fully saturated rings. The average Bonchev–Trinajstić information content (AvgIpc) is 3.16. The number of aromatic nitrogens is 2. The normalized spacial score (nSPS) is 19.5. The maximum absolute atomic E-state index is 14.7. The molecule has 2 aromatic rings. The van der Waals surface area contributed by atoms with Crippen LogP contribution >= 0.6 is 0 Å². The Kier molecular flexibility index (Phi) is 4.53. The zero-order chi connectivity index (χ0) is 21.7. The van der Waals surface area contributed by atoms with E-state index in [-0.39, 0.29) is 23.8 Å². The van der Waals surface area contributed by atoms with Crippen molar-refractivity contribution in [1.29, 1.82) is 0 Å². The van der Waals surface area contributed by atoms with Gasteiger partial charge in [-0.2, -0.15) is 4.98 Å². The number of carbonyl (C=O) groups excluding carboxylic acids is 1. The number of halogens is 1. The van der Waals surface area contributed by atoms with Gasteiger partial charge < -0.3 is 19.6 Å². The summed E-state index contributed by atoms with van der Waals surface area (Å²) in [5.74, 6) is -0.570. The SMILES string of the molecule is C=CC(=O)N1CCN(c2nc(=O)n3c4c2=CC(c2c(O)cccc2F)C=4OCC3)CC1. The van der Waals surface area contributed by atoms with Crippen LogP contribution in [0.4, 0.5) is 10.2 Å². The number of phenols is 1. The summed E-state index contributed by atoms with van der Waals surface area (Å²) in [6.07, 6.45) is 3.09. The van der Waals surface area contributed by atoms with Crippen LogP contribution in [0.25, 0.3) is 11.8 Å². The lowest BCUT2D eigenvalue weighted by Crippen LogP contribution is -2.54. The van der Waals surface area contributed by atoms with E-state index in [0.29, 0.717) is 54.9 Å². The summed E-state index contributed by atoms with van der Waals surface area (Å²) in [5, 5.41) is 11.6. The minimum Gasteiger partial charge on any atom is -0.508 e. The Labute approximate surface area is 176 Å². The second kappa shape index (κ2) is 7.26. The molecule has 1 N–H and O–H groups in total. The van der Waals surface area contributed by atoms with Crippen molar-refractivity contribution >= 4 is 23.6 Å². The first-order chi connectivity index (χ1) is 15.0. The molecule has 3 heterocycles. The van der Waals surface area contributed by atoms with Crippen molar-refractivity contribution in [3.63, 3.8) is 0 Å². The molecule has 1 amide bonds. The molecule has 1 atom stereocenters. The molecule has 0 spiro atoms. The number of nitrogens with zero attached hydrogens (tertiary/aromatic N) is 4. The van der Waals surface area contributed by atoms with Gasteiger partial charge in [0.2, 0.25) is 5.91 Å². The number of anilines is 1. The Morgan fingerprint density at radius 2 is 2.03 bits per heavy atom. The number of rotatable bonds is 3. The molecule has 1 saturated heterocycles. The van der Waals surface area contributed by atoms with Crippen molar-refractivity contribution in [1.82, 2.24) is 14.5 Å². The van der Waals surface area contributed by atoms with E-state index < -0.39 is 17.4 Å². The molecule has 0 saturated carbocycles. The van der Waals surface area contributed by atoms with Gasteiger partial charge in [0, 0.05) is 37.0 Å². The Hall–Kier alpha value is -3.62. The number of ether oxygens (including phenoxy) is 1. The maximum atomic E-state index is 14.7. The van der Waals surface area contributed by atoms with Crippen LogP contribution in [0.15, 0.2) is 35.6 Å². The topological polar surface area (TPSA) is 87.9 Å². The lowest BCUT2D eigenvalue weighted by atomic mass is 9.97. The Balaban J connectivity index is 1.64. The summed E-state index contributed by atoms with van der Waals surface area (Å²) >= 11 is 0. The molecule has 0 radical (unpaired) electrons. The number of phenolic OH excluding ortho intramolecular Hbond substituents is 1. The van der Waals surface area contributed by atoms with Crippen molar-refractivity contribution in [2.24, 2.45) is 0 Å². The van der Waals surface area contributed by atoms with E-state index in [1.807, 2.05) is 4.90 Å². The molecule has 2 aliphatic heterocycles. The van der Waals surface area contributed by atoms with E-state index in [0.717, 1.165) is 0 Å². The zero-order valence-electron chi connectivity index (χ0n) is 16.8. The third-order valence-corrected chi connectivity index (χ3v) is 6.03. The smallest absolute Gasteiger partial charge is 0.350 e. The first kappa shape index (κ1) is 19.3. The summed E-state index contributed by atoms with van der Waals surface area (Å²) in [5.41, 5.74) is -0.284. The van der Waals surface area contributed by atoms with Gasteiger partial charge in [0.25, 0.3) is 0 Å². The molecule has 160 valence electrons. The summed E-state index contributed by atoms with van der Waals surface area (Å²) in [4.78, 5) is 32.6. The van der Waals surface area contributed by atoms with E-state index in [2.05, 4.69) is 11.6 Å². The fourth-order valence-electron chi connectivity index (χ4n) is 4.54. The number of benzene rings is 1. The molecule has 0 bridgehead atoms. The minimum absolute atomic E-state index is 0.113. The van der Waals surface area contributed by atoms with Gasteiger partial charge in [-0.05, 0) is 18.2 Å². The van der Waals surface area contributed by atoms with E-state index in [4.69, 9.17) is 4.74 Å². The first-order valence-electron chi connectivity index (χ1n) is 10.1. The van der Waals surface area contributed by atoms with E-state index in [9.17, 15) is 19.1 Å². The highest BCUT2D eigenvalue weighted by molar-refractivity contribution is 5.87. The Bertz CT molecular complexity index is 1260. The fraction of sp³-hybridized carbons (Fsp3) is 0.318. The summed E-state index contributed by atoms with van der Waals surface area (Å²) in [6.45, 7) is 6.11. The predicted octanol–water partition coefficient (Wildman–Crippen LogP) is -0.361. The lowest BCUT2D eigenvalue weighted by Gasteiger charge is -2.35. The number of aromatic hydroxyl groups is 1. The Morgan fingerprint density at radius 1 is 1.26 bits per heavy atom. The van der Waals surface area contributed by atoms with E-state index in [1.165, 1.54) is 24.3 Å². The number of hydrogen-bond acceptors (Lipinski definition) is 6. The predicted molar refractivity (Wildman–Crippen MR) is 111 cm³/mol. The molecule has 9 heteroatoms. The molecular weight excluding hydrogens is 403 g/mol. The maximum Gasteiger partial charge on any atom is 0.350 e. The van der Waals surface area contributed by atoms with Crippen LogP contribution < -0.4 is 21.2 Å². The molecule has 1 aliphatic carbocycles. The average molecular weight is 424 g/mol. The van der Waals surface area contributed by atoms with Gasteiger partial charge in [0.15, 0.2) is 0 Å². The molecule has 1 aromatic carbocycles. The second-order valence-corrected chi connectivity index (χ2v) is 7.68. The minimum atomic E-state index is -0.659. The van der Waals surface area contributed by atoms with Crippen molar-refractivity contribution in [3.05, 3.63) is 63.3 Å². The van der Waals surface area contributed by atoms with Crippen LogP contribution in [0.2, 0.25) is 0 Å².